The van der Waals surface area contributed by atoms with Gasteiger partial charge in [0.1, 0.15) is 0 Å². The van der Waals surface area contributed by atoms with Gasteiger partial charge >= 0.3 is 6.18 Å². The Morgan fingerprint density at radius 1 is 1.28 bits per heavy atom. The number of benzene rings is 1. The Morgan fingerprint density at radius 2 is 1.83 bits per heavy atom. The number of rotatable bonds is 4. The number of alkyl halides is 3. The first-order valence-electron chi connectivity index (χ1n) is 4.50. The minimum absolute atomic E-state index is 0.591. The lowest BCUT2D eigenvalue weighted by atomic mass is 10.2. The number of aliphatic carboxylic acids is 1. The summed E-state index contributed by atoms with van der Waals surface area (Å²) in [6.07, 6.45) is -4.85. The van der Waals surface area contributed by atoms with E-state index in [2.05, 4.69) is 0 Å². The van der Waals surface area contributed by atoms with E-state index < -0.39 is 39.2 Å². The van der Waals surface area contributed by atoms with Crippen molar-refractivity contribution in [2.45, 2.75) is 11.1 Å². The van der Waals surface area contributed by atoms with Gasteiger partial charge in [-0.05, 0) is 12.1 Å². The summed E-state index contributed by atoms with van der Waals surface area (Å²) in [5.41, 5.74) is -1.36. The molecule has 0 saturated carbocycles. The maximum atomic E-state index is 12.6. The predicted octanol–water partition coefficient (Wildman–Crippen LogP) is -0.266. The molecular weight excluding hydrogens is 275 g/mol. The van der Waals surface area contributed by atoms with Crippen LogP contribution in [-0.4, -0.2) is 20.9 Å². The Morgan fingerprint density at radius 3 is 2.33 bits per heavy atom. The van der Waals surface area contributed by atoms with Crippen LogP contribution in [0.4, 0.5) is 13.2 Å². The summed E-state index contributed by atoms with van der Waals surface area (Å²) < 4.78 is 62.2. The number of carbonyl (C=O) groups excluding carboxylic acids is 1. The van der Waals surface area contributed by atoms with E-state index >= 15 is 0 Å². The highest BCUT2D eigenvalue weighted by atomic mass is 32.2. The average Bonchev–Trinajstić information content (AvgIpc) is 2.25. The molecule has 0 atom stereocenters. The lowest BCUT2D eigenvalue weighted by molar-refractivity contribution is -0.303. The third kappa shape index (κ3) is 3.44. The van der Waals surface area contributed by atoms with Crippen LogP contribution in [-0.2, 0) is 21.0 Å². The molecule has 0 aliphatic carbocycles. The number of carbonyl (C=O) groups is 1. The molecule has 0 bridgehead atoms. The van der Waals surface area contributed by atoms with Gasteiger partial charge in [-0.1, -0.05) is 12.1 Å². The first kappa shape index (κ1) is 14.5. The molecule has 9 heteroatoms. The fraction of sp³-hybridized carbons (Fsp3) is 0.222. The fourth-order valence-corrected chi connectivity index (χ4v) is 2.36. The smallest absolute Gasteiger partial charge is 0.417 e. The van der Waals surface area contributed by atoms with Crippen LogP contribution < -0.4 is 9.83 Å². The van der Waals surface area contributed by atoms with E-state index in [9.17, 15) is 31.5 Å². The van der Waals surface area contributed by atoms with E-state index in [4.69, 9.17) is 0 Å². The Hall–Kier alpha value is -1.61. The largest absolute Gasteiger partial charge is 0.549 e. The molecule has 0 fully saturated rings. The first-order chi connectivity index (χ1) is 8.14. The fourth-order valence-electron chi connectivity index (χ4n) is 1.17. The van der Waals surface area contributed by atoms with Crippen LogP contribution in [0.1, 0.15) is 5.56 Å². The van der Waals surface area contributed by atoms with Gasteiger partial charge in [0.05, 0.1) is 23.0 Å². The highest BCUT2D eigenvalue weighted by Crippen LogP contribution is 2.33. The zero-order valence-electron chi connectivity index (χ0n) is 8.69. The van der Waals surface area contributed by atoms with Crippen molar-refractivity contribution in [2.75, 3.05) is 6.54 Å². The van der Waals surface area contributed by atoms with Crippen molar-refractivity contribution >= 4 is 16.0 Å². The molecule has 0 amide bonds. The Bertz CT molecular complexity index is 553. The van der Waals surface area contributed by atoms with Crippen LogP contribution in [0, 0.1) is 0 Å². The minimum atomic E-state index is -4.85. The monoisotopic (exact) mass is 282 g/mol. The molecule has 100 valence electrons. The normalized spacial score (nSPS) is 12.4. The molecule has 0 aromatic heterocycles. The van der Waals surface area contributed by atoms with E-state index in [1.165, 1.54) is 4.72 Å². The number of carboxylic acid groups (broad SMARTS) is 1. The van der Waals surface area contributed by atoms with E-state index in [-0.39, 0.29) is 0 Å². The molecule has 18 heavy (non-hydrogen) atoms. The van der Waals surface area contributed by atoms with E-state index in [0.29, 0.717) is 6.07 Å². The van der Waals surface area contributed by atoms with Crippen molar-refractivity contribution < 1.29 is 31.5 Å². The second kappa shape index (κ2) is 4.94. The van der Waals surface area contributed by atoms with Gasteiger partial charge in [-0.25, -0.2) is 13.1 Å². The van der Waals surface area contributed by atoms with Gasteiger partial charge in [0.15, 0.2) is 0 Å². The predicted molar refractivity (Wildman–Crippen MR) is 51.6 cm³/mol. The molecule has 0 aliphatic heterocycles. The highest BCUT2D eigenvalue weighted by molar-refractivity contribution is 7.89. The molecule has 5 nitrogen and oxygen atoms in total. The third-order valence-electron chi connectivity index (χ3n) is 1.89. The number of hydrogen-bond acceptors (Lipinski definition) is 4. The molecule has 1 N–H and O–H groups in total. The molecule has 0 unspecified atom stereocenters. The minimum Gasteiger partial charge on any atom is -0.549 e. The van der Waals surface area contributed by atoms with Gasteiger partial charge < -0.3 is 9.90 Å². The Labute approximate surface area is 100 Å². The summed E-state index contributed by atoms with van der Waals surface area (Å²) in [6.45, 7) is -1.10. The summed E-state index contributed by atoms with van der Waals surface area (Å²) >= 11 is 0. The number of carboxylic acids is 1. The van der Waals surface area contributed by atoms with Gasteiger partial charge in [0.25, 0.3) is 0 Å². The summed E-state index contributed by atoms with van der Waals surface area (Å²) in [6, 6.07) is 3.46. The van der Waals surface area contributed by atoms with Gasteiger partial charge in [-0.2, -0.15) is 13.2 Å². The second-order valence-corrected chi connectivity index (χ2v) is 4.93. The van der Waals surface area contributed by atoms with Gasteiger partial charge in [-0.3, -0.25) is 0 Å². The molecule has 0 radical (unpaired) electrons. The maximum Gasteiger partial charge on any atom is 0.417 e. The molecule has 0 spiro atoms. The molecule has 1 aromatic rings. The maximum absolute atomic E-state index is 12.6. The van der Waals surface area contributed by atoms with Crippen molar-refractivity contribution in [2.24, 2.45) is 0 Å². The zero-order valence-corrected chi connectivity index (χ0v) is 9.51. The molecule has 1 rings (SSSR count). The van der Waals surface area contributed by atoms with Gasteiger partial charge in [0.2, 0.25) is 10.0 Å². The van der Waals surface area contributed by atoms with Crippen LogP contribution in [0.25, 0.3) is 0 Å². The number of nitrogens with one attached hydrogen (secondary N) is 1. The quantitative estimate of drug-likeness (QED) is 0.824. The SMILES string of the molecule is O=C([O-])CNS(=O)(=O)c1ccccc1C(F)(F)F. The van der Waals surface area contributed by atoms with E-state index in [1.807, 2.05) is 0 Å². The van der Waals surface area contributed by atoms with Crippen LogP contribution in [0.15, 0.2) is 29.2 Å². The molecule has 1 aromatic carbocycles. The van der Waals surface area contributed by atoms with Crippen LogP contribution in [0.2, 0.25) is 0 Å². The molecule has 0 saturated heterocycles. The van der Waals surface area contributed by atoms with Crippen LogP contribution >= 0.6 is 0 Å². The summed E-state index contributed by atoms with van der Waals surface area (Å²) in [5, 5.41) is 10.1. The topological polar surface area (TPSA) is 86.3 Å². The third-order valence-corrected chi connectivity index (χ3v) is 3.35. The van der Waals surface area contributed by atoms with Crippen LogP contribution in [0.5, 0.6) is 0 Å². The zero-order chi connectivity index (χ0) is 14.0. The number of halogens is 3. The Balaban J connectivity index is 3.21. The summed E-state index contributed by atoms with van der Waals surface area (Å²) in [5.74, 6) is -1.75. The lowest BCUT2D eigenvalue weighted by Gasteiger charge is -2.13. The van der Waals surface area contributed by atoms with Crippen molar-refractivity contribution in [3.8, 4) is 0 Å². The molecular formula is C9H7F3NO4S-. The van der Waals surface area contributed by atoms with Crippen molar-refractivity contribution in [1.82, 2.24) is 4.72 Å². The van der Waals surface area contributed by atoms with Crippen molar-refractivity contribution in [1.29, 1.82) is 0 Å². The van der Waals surface area contributed by atoms with Crippen molar-refractivity contribution in [3.63, 3.8) is 0 Å². The second-order valence-electron chi connectivity index (χ2n) is 3.19. The van der Waals surface area contributed by atoms with Gasteiger partial charge in [-0.15, -0.1) is 0 Å². The summed E-state index contributed by atoms with van der Waals surface area (Å²) in [7, 11) is -4.56. The molecule has 0 heterocycles. The van der Waals surface area contributed by atoms with Crippen LogP contribution in [0.3, 0.4) is 0 Å². The summed E-state index contributed by atoms with van der Waals surface area (Å²) in [4.78, 5) is 9.07. The molecule has 0 aliphatic rings. The van der Waals surface area contributed by atoms with E-state index in [0.717, 1.165) is 18.2 Å². The lowest BCUT2D eigenvalue weighted by Crippen LogP contribution is -2.38. The average molecular weight is 282 g/mol. The first-order valence-corrected chi connectivity index (χ1v) is 5.98. The number of sulfonamides is 1. The Kier molecular flexibility index (Phi) is 3.97. The van der Waals surface area contributed by atoms with Crippen molar-refractivity contribution in [3.05, 3.63) is 29.8 Å². The van der Waals surface area contributed by atoms with Gasteiger partial charge in [0, 0.05) is 0 Å². The van der Waals surface area contributed by atoms with E-state index in [1.54, 1.807) is 0 Å². The highest BCUT2D eigenvalue weighted by Gasteiger charge is 2.36. The number of hydrogen-bond donors (Lipinski definition) is 1. The standard InChI is InChI=1S/C9H8F3NO4S/c10-9(11,12)6-3-1-2-4-7(6)18(16,17)13-5-8(14)15/h1-4,13H,5H2,(H,14,15)/p-1.